The number of benzene rings is 1. The number of rotatable bonds is 6. The van der Waals surface area contributed by atoms with Gasteiger partial charge in [0.2, 0.25) is 0 Å². The summed E-state index contributed by atoms with van der Waals surface area (Å²) in [4.78, 5) is 68.0. The molecule has 12 heteroatoms. The number of nitro groups is 1. The van der Waals surface area contributed by atoms with Crippen molar-refractivity contribution < 1.29 is 14.5 Å². The number of hydrogen-bond acceptors (Lipinski definition) is 7. The van der Waals surface area contributed by atoms with Crippen LogP contribution < -0.4 is 11.2 Å². The van der Waals surface area contributed by atoms with Crippen LogP contribution in [0.25, 0.3) is 11.2 Å². The number of carbonyl (C=O) groups is 2. The Morgan fingerprint density at radius 2 is 1.84 bits per heavy atom. The van der Waals surface area contributed by atoms with Gasteiger partial charge in [0.15, 0.2) is 11.2 Å². The number of unbranched alkanes of at least 4 members (excludes halogenated alkanes) is 1. The van der Waals surface area contributed by atoms with Crippen LogP contribution in [0.5, 0.6) is 0 Å². The SMILES string of the molecule is CCCCn1c(=O)[nH]c(=O)c2c1nc(CN1C(=O)c3ccc([N+](=O)[O-])cc3C1=O)n2C. The number of aryl methyl sites for hydroxylation is 2. The van der Waals surface area contributed by atoms with Gasteiger partial charge >= 0.3 is 5.69 Å². The maximum atomic E-state index is 12.8. The standard InChI is InChI=1S/C19H18N6O6/c1-3-4-7-23-15-14(16(26)21-19(23)29)22(2)13(20-15)9-24-17(27)11-6-5-10(25(30)31)8-12(11)18(24)28/h5-6,8H,3-4,7,9H2,1-2H3,(H,21,26,29). The molecular formula is C19H18N6O6. The molecule has 0 spiro atoms. The lowest BCUT2D eigenvalue weighted by Crippen LogP contribution is -2.31. The zero-order valence-electron chi connectivity index (χ0n) is 16.7. The molecule has 2 aromatic heterocycles. The summed E-state index contributed by atoms with van der Waals surface area (Å²) in [5.41, 5.74) is -1.17. The van der Waals surface area contributed by atoms with Gasteiger partial charge in [-0.2, -0.15) is 0 Å². The Morgan fingerprint density at radius 1 is 1.13 bits per heavy atom. The quantitative estimate of drug-likeness (QED) is 0.349. The monoisotopic (exact) mass is 426 g/mol. The summed E-state index contributed by atoms with van der Waals surface area (Å²) in [6.07, 6.45) is 1.53. The zero-order valence-corrected chi connectivity index (χ0v) is 16.7. The molecule has 1 aliphatic rings. The van der Waals surface area contributed by atoms with Gasteiger partial charge in [0.05, 0.1) is 22.6 Å². The van der Waals surface area contributed by atoms with Gasteiger partial charge in [0.1, 0.15) is 5.82 Å². The van der Waals surface area contributed by atoms with Crippen LogP contribution in [-0.4, -0.2) is 40.7 Å². The van der Waals surface area contributed by atoms with E-state index in [1.54, 1.807) is 7.05 Å². The fourth-order valence-electron chi connectivity index (χ4n) is 3.63. The number of nitrogens with one attached hydrogen (secondary N) is 1. The number of nitrogens with zero attached hydrogens (tertiary/aromatic N) is 5. The number of nitro benzene ring substituents is 1. The van der Waals surface area contributed by atoms with E-state index in [4.69, 9.17) is 0 Å². The summed E-state index contributed by atoms with van der Waals surface area (Å²) in [6.45, 7) is 2.06. The summed E-state index contributed by atoms with van der Waals surface area (Å²) >= 11 is 0. The Morgan fingerprint density at radius 3 is 2.52 bits per heavy atom. The van der Waals surface area contributed by atoms with Crippen LogP contribution in [0.4, 0.5) is 5.69 Å². The van der Waals surface area contributed by atoms with Gasteiger partial charge in [-0.3, -0.25) is 38.9 Å². The van der Waals surface area contributed by atoms with Crippen LogP contribution in [0.15, 0.2) is 27.8 Å². The van der Waals surface area contributed by atoms with Crippen molar-refractivity contribution >= 4 is 28.7 Å². The van der Waals surface area contributed by atoms with E-state index in [9.17, 15) is 29.3 Å². The molecule has 0 atom stereocenters. The van der Waals surface area contributed by atoms with E-state index in [1.165, 1.54) is 15.2 Å². The van der Waals surface area contributed by atoms with Gasteiger partial charge in [-0.15, -0.1) is 0 Å². The van der Waals surface area contributed by atoms with E-state index < -0.39 is 28.0 Å². The van der Waals surface area contributed by atoms with Crippen LogP contribution in [0.3, 0.4) is 0 Å². The van der Waals surface area contributed by atoms with Crippen LogP contribution in [0.1, 0.15) is 46.3 Å². The molecule has 0 unspecified atom stereocenters. The molecule has 0 saturated heterocycles. The van der Waals surface area contributed by atoms with Crippen LogP contribution >= 0.6 is 0 Å². The molecule has 0 fully saturated rings. The lowest BCUT2D eigenvalue weighted by Gasteiger charge is -2.13. The van der Waals surface area contributed by atoms with Gasteiger partial charge in [0, 0.05) is 25.7 Å². The zero-order chi connectivity index (χ0) is 22.4. The third-order valence-electron chi connectivity index (χ3n) is 5.31. The summed E-state index contributed by atoms with van der Waals surface area (Å²) in [7, 11) is 1.55. The second kappa shape index (κ2) is 7.31. The number of fused-ring (bicyclic) bond motifs is 2. The average Bonchev–Trinajstić information content (AvgIpc) is 3.17. The van der Waals surface area contributed by atoms with Crippen LogP contribution in [-0.2, 0) is 20.1 Å². The third-order valence-corrected chi connectivity index (χ3v) is 5.31. The summed E-state index contributed by atoms with van der Waals surface area (Å²) in [6, 6.07) is 3.47. The number of imidazole rings is 1. The molecule has 0 radical (unpaired) electrons. The predicted molar refractivity (Wildman–Crippen MR) is 108 cm³/mol. The molecule has 160 valence electrons. The Kier molecular flexibility index (Phi) is 4.76. The van der Waals surface area contributed by atoms with E-state index in [0.29, 0.717) is 13.0 Å². The number of H-pyrrole nitrogens is 1. The molecule has 1 aromatic carbocycles. The van der Waals surface area contributed by atoms with Gasteiger partial charge in [-0.05, 0) is 12.5 Å². The Balaban J connectivity index is 1.76. The summed E-state index contributed by atoms with van der Waals surface area (Å²) in [5, 5.41) is 11.0. The van der Waals surface area contributed by atoms with Gasteiger partial charge in [-0.25, -0.2) is 9.78 Å². The third kappa shape index (κ3) is 3.12. The van der Waals surface area contributed by atoms with E-state index >= 15 is 0 Å². The Labute approximate surface area is 173 Å². The van der Waals surface area contributed by atoms with Crippen molar-refractivity contribution in [1.82, 2.24) is 24.0 Å². The normalized spacial score (nSPS) is 13.3. The summed E-state index contributed by atoms with van der Waals surface area (Å²) in [5.74, 6) is -1.08. The average molecular weight is 426 g/mol. The van der Waals surface area contributed by atoms with Crippen molar-refractivity contribution in [2.45, 2.75) is 32.9 Å². The predicted octanol–water partition coefficient (Wildman–Crippen LogP) is 0.928. The molecule has 0 bridgehead atoms. The first kappa shape index (κ1) is 20.2. The van der Waals surface area contributed by atoms with Gasteiger partial charge in [0.25, 0.3) is 23.1 Å². The molecule has 3 aromatic rings. The molecule has 0 saturated carbocycles. The first-order chi connectivity index (χ1) is 14.7. The van der Waals surface area contributed by atoms with Crippen LogP contribution in [0.2, 0.25) is 0 Å². The minimum atomic E-state index is -0.687. The molecular weight excluding hydrogens is 408 g/mol. The number of non-ortho nitro benzene ring substituents is 1. The highest BCUT2D eigenvalue weighted by Gasteiger charge is 2.37. The van der Waals surface area contributed by atoms with Crippen molar-refractivity contribution in [3.05, 3.63) is 66.1 Å². The molecule has 1 N–H and O–H groups in total. The molecule has 0 aliphatic carbocycles. The molecule has 1 aliphatic heterocycles. The van der Waals surface area contributed by atoms with Gasteiger partial charge < -0.3 is 4.57 Å². The Bertz CT molecular complexity index is 1380. The molecule has 3 heterocycles. The summed E-state index contributed by atoms with van der Waals surface area (Å²) < 4.78 is 2.79. The number of hydrogen-bond donors (Lipinski definition) is 1. The van der Waals surface area contributed by atoms with Crippen molar-refractivity contribution in [2.75, 3.05) is 0 Å². The second-order valence-electron chi connectivity index (χ2n) is 7.21. The molecule has 31 heavy (non-hydrogen) atoms. The second-order valence-corrected chi connectivity index (χ2v) is 7.21. The minimum Gasteiger partial charge on any atom is -0.324 e. The van der Waals surface area contributed by atoms with Crippen molar-refractivity contribution in [3.63, 3.8) is 0 Å². The number of aromatic nitrogens is 4. The Hall–Kier alpha value is -4.09. The first-order valence-electron chi connectivity index (χ1n) is 9.57. The lowest BCUT2D eigenvalue weighted by molar-refractivity contribution is -0.384. The maximum Gasteiger partial charge on any atom is 0.330 e. The fourth-order valence-corrected chi connectivity index (χ4v) is 3.63. The highest BCUT2D eigenvalue weighted by molar-refractivity contribution is 6.21. The smallest absolute Gasteiger partial charge is 0.324 e. The highest BCUT2D eigenvalue weighted by atomic mass is 16.6. The topological polar surface area (TPSA) is 153 Å². The van der Waals surface area contributed by atoms with E-state index in [1.807, 2.05) is 6.92 Å². The fraction of sp³-hybridized carbons (Fsp3) is 0.316. The molecule has 12 nitrogen and oxygen atoms in total. The molecule has 2 amide bonds. The van der Waals surface area contributed by atoms with E-state index in [2.05, 4.69) is 9.97 Å². The highest BCUT2D eigenvalue weighted by Crippen LogP contribution is 2.28. The van der Waals surface area contributed by atoms with E-state index in [0.717, 1.165) is 23.5 Å². The van der Waals surface area contributed by atoms with Crippen molar-refractivity contribution in [1.29, 1.82) is 0 Å². The number of imide groups is 1. The van der Waals surface area contributed by atoms with Crippen molar-refractivity contribution in [2.24, 2.45) is 7.05 Å². The maximum absolute atomic E-state index is 12.8. The van der Waals surface area contributed by atoms with E-state index in [-0.39, 0.29) is 40.3 Å². The first-order valence-corrected chi connectivity index (χ1v) is 9.57. The number of amides is 2. The van der Waals surface area contributed by atoms with Crippen LogP contribution in [0, 0.1) is 10.1 Å². The molecule has 4 rings (SSSR count). The van der Waals surface area contributed by atoms with Crippen molar-refractivity contribution in [3.8, 4) is 0 Å². The largest absolute Gasteiger partial charge is 0.330 e. The number of carbonyl (C=O) groups excluding carboxylic acids is 2. The minimum absolute atomic E-state index is 0.0596. The number of aromatic amines is 1. The lowest BCUT2D eigenvalue weighted by atomic mass is 10.1. The van der Waals surface area contributed by atoms with Gasteiger partial charge in [-0.1, -0.05) is 13.3 Å².